The van der Waals surface area contributed by atoms with E-state index in [4.69, 9.17) is 18.9 Å². The van der Waals surface area contributed by atoms with Crippen LogP contribution in [0, 0.1) is 0 Å². The molecule has 0 amide bonds. The van der Waals surface area contributed by atoms with Crippen molar-refractivity contribution < 1.29 is 18.9 Å². The summed E-state index contributed by atoms with van der Waals surface area (Å²) in [5, 5.41) is 3.37. The first-order valence-electron chi connectivity index (χ1n) is 7.14. The van der Waals surface area contributed by atoms with Crippen LogP contribution in [0.2, 0.25) is 0 Å². The molecule has 1 aliphatic rings. The van der Waals surface area contributed by atoms with E-state index in [1.807, 2.05) is 36.4 Å². The number of fused-ring (bicyclic) bond motifs is 1. The second-order valence-electron chi connectivity index (χ2n) is 4.89. The molecule has 0 bridgehead atoms. The summed E-state index contributed by atoms with van der Waals surface area (Å²) < 4.78 is 21.8. The van der Waals surface area contributed by atoms with E-state index in [9.17, 15) is 0 Å². The van der Waals surface area contributed by atoms with E-state index in [-0.39, 0.29) is 0 Å². The Morgan fingerprint density at radius 3 is 2.55 bits per heavy atom. The molecule has 1 aliphatic heterocycles. The lowest BCUT2D eigenvalue weighted by molar-refractivity contribution is 0.171. The number of benzene rings is 2. The number of ether oxygens (including phenoxy) is 4. The smallest absolute Gasteiger partial charge is 0.163 e. The molecule has 1 N–H and O–H groups in total. The van der Waals surface area contributed by atoms with E-state index < -0.39 is 0 Å². The van der Waals surface area contributed by atoms with Gasteiger partial charge in [0.1, 0.15) is 24.7 Å². The van der Waals surface area contributed by atoms with Gasteiger partial charge in [-0.3, -0.25) is 0 Å². The van der Waals surface area contributed by atoms with Gasteiger partial charge in [0.25, 0.3) is 0 Å². The van der Waals surface area contributed by atoms with Gasteiger partial charge in [0, 0.05) is 23.9 Å². The highest BCUT2D eigenvalue weighted by Gasteiger charge is 2.12. The van der Waals surface area contributed by atoms with Crippen molar-refractivity contribution in [3.05, 3.63) is 42.0 Å². The van der Waals surface area contributed by atoms with Gasteiger partial charge in [0.05, 0.1) is 14.2 Å². The third-order valence-electron chi connectivity index (χ3n) is 3.51. The molecule has 0 aliphatic carbocycles. The fraction of sp³-hybridized carbons (Fsp3) is 0.294. The lowest BCUT2D eigenvalue weighted by atomic mass is 10.1. The van der Waals surface area contributed by atoms with Crippen molar-refractivity contribution in [2.24, 2.45) is 0 Å². The molecule has 3 rings (SSSR count). The maximum Gasteiger partial charge on any atom is 0.163 e. The molecular formula is C17H19NO4. The van der Waals surface area contributed by atoms with E-state index >= 15 is 0 Å². The number of hydrogen-bond acceptors (Lipinski definition) is 5. The van der Waals surface area contributed by atoms with Crippen LogP contribution in [-0.4, -0.2) is 27.4 Å². The zero-order valence-electron chi connectivity index (χ0n) is 12.7. The van der Waals surface area contributed by atoms with Crippen LogP contribution in [0.15, 0.2) is 36.4 Å². The van der Waals surface area contributed by atoms with Crippen molar-refractivity contribution in [3.63, 3.8) is 0 Å². The summed E-state index contributed by atoms with van der Waals surface area (Å²) >= 11 is 0. The fourth-order valence-corrected chi connectivity index (χ4v) is 2.37. The van der Waals surface area contributed by atoms with Gasteiger partial charge in [-0.05, 0) is 30.3 Å². The number of hydrogen-bond donors (Lipinski definition) is 1. The zero-order chi connectivity index (χ0) is 15.4. The molecule has 0 aromatic heterocycles. The molecule has 22 heavy (non-hydrogen) atoms. The Hall–Kier alpha value is -2.56. The summed E-state index contributed by atoms with van der Waals surface area (Å²) in [4.78, 5) is 0. The molecule has 2 aromatic carbocycles. The predicted octanol–water partition coefficient (Wildman–Crippen LogP) is 3.09. The van der Waals surface area contributed by atoms with Gasteiger partial charge < -0.3 is 24.3 Å². The summed E-state index contributed by atoms with van der Waals surface area (Å²) in [7, 11) is 3.31. The first-order valence-corrected chi connectivity index (χ1v) is 7.14. The Labute approximate surface area is 129 Å². The Morgan fingerprint density at radius 1 is 0.955 bits per heavy atom. The minimum atomic E-state index is 0.583. The Kier molecular flexibility index (Phi) is 4.23. The standard InChI is InChI=1S/C17H19NO4/c1-19-14-4-6-15(20-2)12(9-14)11-18-13-3-5-16-17(10-13)22-8-7-21-16/h3-6,9-10,18H,7-8,11H2,1-2H3. The lowest BCUT2D eigenvalue weighted by Crippen LogP contribution is -2.15. The quantitative estimate of drug-likeness (QED) is 0.919. The summed E-state index contributed by atoms with van der Waals surface area (Å²) in [5.74, 6) is 3.19. The van der Waals surface area contributed by atoms with Crippen molar-refractivity contribution in [2.45, 2.75) is 6.54 Å². The van der Waals surface area contributed by atoms with Crippen molar-refractivity contribution in [1.29, 1.82) is 0 Å². The van der Waals surface area contributed by atoms with Crippen LogP contribution >= 0.6 is 0 Å². The van der Waals surface area contributed by atoms with Gasteiger partial charge in [-0.15, -0.1) is 0 Å². The predicted molar refractivity (Wildman–Crippen MR) is 84.3 cm³/mol. The van der Waals surface area contributed by atoms with Crippen LogP contribution in [-0.2, 0) is 6.54 Å². The number of rotatable bonds is 5. The fourth-order valence-electron chi connectivity index (χ4n) is 2.37. The molecule has 0 fully saturated rings. The molecule has 0 saturated heterocycles. The molecule has 2 aromatic rings. The molecule has 0 unspecified atom stereocenters. The SMILES string of the molecule is COc1ccc(OC)c(CNc2ccc3c(c2)OCCO3)c1. The minimum Gasteiger partial charge on any atom is -0.497 e. The highest BCUT2D eigenvalue weighted by Crippen LogP contribution is 2.33. The normalized spacial score (nSPS) is 12.6. The van der Waals surface area contributed by atoms with E-state index in [1.54, 1.807) is 14.2 Å². The minimum absolute atomic E-state index is 0.583. The number of anilines is 1. The van der Waals surface area contributed by atoms with Crippen molar-refractivity contribution in [1.82, 2.24) is 0 Å². The summed E-state index contributed by atoms with van der Waals surface area (Å²) in [6.45, 7) is 1.81. The van der Waals surface area contributed by atoms with Crippen molar-refractivity contribution >= 4 is 5.69 Å². The molecule has 0 atom stereocenters. The van der Waals surface area contributed by atoms with Crippen LogP contribution in [0.4, 0.5) is 5.69 Å². The number of methoxy groups -OCH3 is 2. The van der Waals surface area contributed by atoms with Gasteiger partial charge in [0.2, 0.25) is 0 Å². The van der Waals surface area contributed by atoms with E-state index in [2.05, 4.69) is 5.32 Å². The van der Waals surface area contributed by atoms with Crippen LogP contribution in [0.5, 0.6) is 23.0 Å². The van der Waals surface area contributed by atoms with Crippen molar-refractivity contribution in [2.75, 3.05) is 32.8 Å². The lowest BCUT2D eigenvalue weighted by Gasteiger charge is -2.19. The topological polar surface area (TPSA) is 49.0 Å². The Morgan fingerprint density at radius 2 is 1.77 bits per heavy atom. The van der Waals surface area contributed by atoms with Gasteiger partial charge in [0.15, 0.2) is 11.5 Å². The zero-order valence-corrected chi connectivity index (χ0v) is 12.7. The molecule has 5 heteroatoms. The molecule has 116 valence electrons. The second-order valence-corrected chi connectivity index (χ2v) is 4.89. The summed E-state index contributed by atoms with van der Waals surface area (Å²) in [6.07, 6.45) is 0. The average molecular weight is 301 g/mol. The van der Waals surface area contributed by atoms with Crippen LogP contribution in [0.3, 0.4) is 0 Å². The Bertz CT molecular complexity index is 657. The van der Waals surface area contributed by atoms with Crippen molar-refractivity contribution in [3.8, 4) is 23.0 Å². The highest BCUT2D eigenvalue weighted by atomic mass is 16.6. The molecule has 1 heterocycles. The summed E-state index contributed by atoms with van der Waals surface area (Å²) in [5.41, 5.74) is 1.99. The van der Waals surface area contributed by atoms with Crippen LogP contribution in [0.1, 0.15) is 5.56 Å². The largest absolute Gasteiger partial charge is 0.497 e. The summed E-state index contributed by atoms with van der Waals surface area (Å²) in [6, 6.07) is 11.6. The monoisotopic (exact) mass is 301 g/mol. The second kappa shape index (κ2) is 6.47. The third-order valence-corrected chi connectivity index (χ3v) is 3.51. The first-order chi connectivity index (χ1) is 10.8. The molecular weight excluding hydrogens is 282 g/mol. The Balaban J connectivity index is 1.74. The van der Waals surface area contributed by atoms with Gasteiger partial charge in [-0.25, -0.2) is 0 Å². The van der Waals surface area contributed by atoms with E-state index in [0.717, 1.165) is 34.2 Å². The van der Waals surface area contributed by atoms with E-state index in [0.29, 0.717) is 19.8 Å². The van der Waals surface area contributed by atoms with Crippen LogP contribution < -0.4 is 24.3 Å². The average Bonchev–Trinajstić information content (AvgIpc) is 2.59. The molecule has 0 radical (unpaired) electrons. The van der Waals surface area contributed by atoms with Gasteiger partial charge >= 0.3 is 0 Å². The molecule has 0 saturated carbocycles. The first kappa shape index (κ1) is 14.4. The van der Waals surface area contributed by atoms with Gasteiger partial charge in [-0.2, -0.15) is 0 Å². The molecule has 5 nitrogen and oxygen atoms in total. The van der Waals surface area contributed by atoms with Crippen LogP contribution in [0.25, 0.3) is 0 Å². The molecule has 0 spiro atoms. The van der Waals surface area contributed by atoms with Gasteiger partial charge in [-0.1, -0.05) is 0 Å². The maximum absolute atomic E-state index is 5.59. The third kappa shape index (κ3) is 3.03. The maximum atomic E-state index is 5.59. The van der Waals surface area contributed by atoms with E-state index in [1.165, 1.54) is 0 Å². The highest BCUT2D eigenvalue weighted by molar-refractivity contribution is 5.56. The number of nitrogens with one attached hydrogen (secondary N) is 1.